The van der Waals surface area contributed by atoms with Gasteiger partial charge in [0.15, 0.2) is 5.11 Å². The maximum Gasteiger partial charge on any atom is 0.339 e. The molecule has 1 saturated heterocycles. The monoisotopic (exact) mass is 588 g/mol. The Labute approximate surface area is 256 Å². The smallest absolute Gasteiger partial charge is 0.339 e. The summed E-state index contributed by atoms with van der Waals surface area (Å²) in [5, 5.41) is 4.15. The number of ether oxygens (including phenoxy) is 2. The van der Waals surface area contributed by atoms with Gasteiger partial charge in [0.25, 0.3) is 0 Å². The van der Waals surface area contributed by atoms with Gasteiger partial charge in [0, 0.05) is 23.3 Å². The molecule has 8 heteroatoms. The molecule has 0 amide bonds. The Kier molecular flexibility index (Phi) is 7.69. The number of anilines is 1. The van der Waals surface area contributed by atoms with Crippen LogP contribution in [0.2, 0.25) is 0 Å². The Bertz CT molecular complexity index is 1800. The zero-order valence-corrected chi connectivity index (χ0v) is 25.3. The minimum atomic E-state index is -0.380. The Morgan fingerprint density at radius 1 is 0.907 bits per heavy atom. The fourth-order valence-electron chi connectivity index (χ4n) is 5.83. The van der Waals surface area contributed by atoms with Crippen molar-refractivity contribution in [3.05, 3.63) is 137 Å². The summed E-state index contributed by atoms with van der Waals surface area (Å²) in [4.78, 5) is 19.5. The van der Waals surface area contributed by atoms with Crippen molar-refractivity contribution in [2.45, 2.75) is 32.9 Å². The third-order valence-corrected chi connectivity index (χ3v) is 8.19. The highest BCUT2D eigenvalue weighted by Gasteiger charge is 2.42. The third-order valence-electron chi connectivity index (χ3n) is 7.87. The highest BCUT2D eigenvalue weighted by molar-refractivity contribution is 7.80. The van der Waals surface area contributed by atoms with E-state index in [0.717, 1.165) is 51.1 Å². The molecule has 2 aromatic heterocycles. The molecule has 0 spiro atoms. The van der Waals surface area contributed by atoms with Crippen LogP contribution in [0.1, 0.15) is 50.7 Å². The molecule has 0 radical (unpaired) electrons. The molecule has 7 nitrogen and oxygen atoms in total. The normalized spacial score (nSPS) is 16.2. The van der Waals surface area contributed by atoms with Crippen molar-refractivity contribution in [1.82, 2.24) is 14.9 Å². The maximum absolute atomic E-state index is 12.7. The van der Waals surface area contributed by atoms with Gasteiger partial charge in [0.05, 0.1) is 36.1 Å². The molecule has 1 N–H and O–H groups in total. The van der Waals surface area contributed by atoms with Gasteiger partial charge < -0.3 is 24.3 Å². The molecule has 0 unspecified atom stereocenters. The lowest BCUT2D eigenvalue weighted by Crippen LogP contribution is -2.29. The van der Waals surface area contributed by atoms with E-state index in [0.29, 0.717) is 10.7 Å². The molecule has 3 heterocycles. The first-order valence-electron chi connectivity index (χ1n) is 14.1. The molecule has 1 aliphatic rings. The molecule has 1 fully saturated rings. The summed E-state index contributed by atoms with van der Waals surface area (Å²) in [6.45, 7) is 6.15. The SMILES string of the molecule is COC(=O)c1ccccc1-n1c(C)cc([C@H]2[C@H](c3ccccn3)NC(=S)N2c2ccc(Oc3ccccc3C)cc2)c1C. The number of hydrogen-bond acceptors (Lipinski definition) is 5. The van der Waals surface area contributed by atoms with E-state index in [1.807, 2.05) is 98.8 Å². The second-order valence-corrected chi connectivity index (χ2v) is 10.9. The van der Waals surface area contributed by atoms with Crippen LogP contribution in [0.3, 0.4) is 0 Å². The van der Waals surface area contributed by atoms with E-state index in [9.17, 15) is 4.79 Å². The predicted molar refractivity (Wildman–Crippen MR) is 172 cm³/mol. The molecular formula is C35H32N4O3S. The van der Waals surface area contributed by atoms with E-state index >= 15 is 0 Å². The zero-order valence-electron chi connectivity index (χ0n) is 24.4. The molecule has 216 valence electrons. The molecule has 1 aliphatic heterocycles. The number of thiocarbonyl (C=S) groups is 1. The van der Waals surface area contributed by atoms with Crippen molar-refractivity contribution in [2.75, 3.05) is 12.0 Å². The second kappa shape index (κ2) is 11.7. The first kappa shape index (κ1) is 28.2. The van der Waals surface area contributed by atoms with Gasteiger partial charge in [-0.05, 0) is 105 Å². The number of esters is 1. The van der Waals surface area contributed by atoms with E-state index in [1.54, 1.807) is 12.3 Å². The van der Waals surface area contributed by atoms with Gasteiger partial charge in [-0.1, -0.05) is 36.4 Å². The fraction of sp³-hybridized carbons (Fsp3) is 0.171. The molecule has 0 saturated carbocycles. The van der Waals surface area contributed by atoms with Crippen molar-refractivity contribution < 1.29 is 14.3 Å². The predicted octanol–water partition coefficient (Wildman–Crippen LogP) is 7.55. The van der Waals surface area contributed by atoms with Gasteiger partial charge in [-0.25, -0.2) is 4.79 Å². The summed E-state index contributed by atoms with van der Waals surface area (Å²) in [6.07, 6.45) is 1.80. The summed E-state index contributed by atoms with van der Waals surface area (Å²) in [7, 11) is 1.40. The summed E-state index contributed by atoms with van der Waals surface area (Å²) in [6, 6.07) is 31.1. The molecule has 43 heavy (non-hydrogen) atoms. The number of rotatable bonds is 7. The van der Waals surface area contributed by atoms with Crippen LogP contribution in [-0.4, -0.2) is 27.7 Å². The average Bonchev–Trinajstić information content (AvgIpc) is 3.53. The molecular weight excluding hydrogens is 556 g/mol. The topological polar surface area (TPSA) is 68.6 Å². The number of hydrogen-bond donors (Lipinski definition) is 1. The molecule has 2 atom stereocenters. The number of pyridine rings is 1. The Hall–Kier alpha value is -4.95. The Balaban J connectivity index is 1.44. The number of carbonyl (C=O) groups excluding carboxylic acids is 1. The number of benzene rings is 3. The van der Waals surface area contributed by atoms with Crippen molar-refractivity contribution >= 4 is 29.0 Å². The van der Waals surface area contributed by atoms with Crippen LogP contribution in [0.4, 0.5) is 5.69 Å². The van der Waals surface area contributed by atoms with E-state index < -0.39 is 0 Å². The van der Waals surface area contributed by atoms with Crippen LogP contribution in [0, 0.1) is 20.8 Å². The molecule has 0 aliphatic carbocycles. The lowest BCUT2D eigenvalue weighted by molar-refractivity contribution is 0.0600. The van der Waals surface area contributed by atoms with Crippen LogP contribution in [-0.2, 0) is 4.74 Å². The van der Waals surface area contributed by atoms with Crippen molar-refractivity contribution in [3.63, 3.8) is 0 Å². The Morgan fingerprint density at radius 3 is 2.35 bits per heavy atom. The van der Waals surface area contributed by atoms with Gasteiger partial charge in [-0.3, -0.25) is 4.98 Å². The van der Waals surface area contributed by atoms with Crippen LogP contribution in [0.25, 0.3) is 5.69 Å². The number of nitrogens with one attached hydrogen (secondary N) is 1. The molecule has 0 bridgehead atoms. The number of nitrogens with zero attached hydrogens (tertiary/aromatic N) is 3. The highest BCUT2D eigenvalue weighted by Crippen LogP contribution is 2.44. The van der Waals surface area contributed by atoms with Crippen LogP contribution in [0.5, 0.6) is 11.5 Å². The molecule has 6 rings (SSSR count). The number of methoxy groups -OCH3 is 1. The van der Waals surface area contributed by atoms with Crippen molar-refractivity contribution in [2.24, 2.45) is 0 Å². The van der Waals surface area contributed by atoms with Gasteiger partial charge >= 0.3 is 5.97 Å². The van der Waals surface area contributed by atoms with Crippen LogP contribution >= 0.6 is 12.2 Å². The third kappa shape index (κ3) is 5.26. The van der Waals surface area contributed by atoms with Crippen LogP contribution < -0.4 is 15.0 Å². The summed E-state index contributed by atoms with van der Waals surface area (Å²) < 4.78 is 13.4. The Morgan fingerprint density at radius 2 is 1.63 bits per heavy atom. The van der Waals surface area contributed by atoms with Gasteiger partial charge in [-0.15, -0.1) is 0 Å². The van der Waals surface area contributed by atoms with E-state index in [2.05, 4.69) is 27.8 Å². The number of aryl methyl sites for hydroxylation is 2. The van der Waals surface area contributed by atoms with Crippen LogP contribution in [0.15, 0.2) is 103 Å². The first-order valence-corrected chi connectivity index (χ1v) is 14.5. The minimum absolute atomic E-state index is 0.207. The van der Waals surface area contributed by atoms with E-state index in [1.165, 1.54) is 7.11 Å². The summed E-state index contributed by atoms with van der Waals surface area (Å²) in [5.41, 5.74) is 7.21. The van der Waals surface area contributed by atoms with Gasteiger partial charge in [0.2, 0.25) is 0 Å². The minimum Gasteiger partial charge on any atom is -0.465 e. The van der Waals surface area contributed by atoms with E-state index in [4.69, 9.17) is 26.7 Å². The van der Waals surface area contributed by atoms with E-state index in [-0.39, 0.29) is 18.1 Å². The van der Waals surface area contributed by atoms with Gasteiger partial charge in [-0.2, -0.15) is 0 Å². The first-order chi connectivity index (χ1) is 20.9. The standard InChI is InChI=1S/C35H32N4O3S/c1-22-11-5-8-15-31(22)42-26-18-16-25(17-19-26)39-33(32(37-35(39)43)29-13-9-10-20-36-29)28-21-23(2)38(24(28)3)30-14-7-6-12-27(30)34(40)41-4/h5-21,32-33H,1-4H3,(H,37,43)/t32-,33-/m0/s1. The maximum atomic E-state index is 12.7. The lowest BCUT2D eigenvalue weighted by atomic mass is 9.96. The highest BCUT2D eigenvalue weighted by atomic mass is 32.1. The largest absolute Gasteiger partial charge is 0.465 e. The second-order valence-electron chi connectivity index (χ2n) is 10.5. The summed E-state index contributed by atoms with van der Waals surface area (Å²) >= 11 is 5.97. The number of carbonyl (C=O) groups is 1. The molecule has 3 aromatic carbocycles. The van der Waals surface area contributed by atoms with Gasteiger partial charge in [0.1, 0.15) is 11.5 Å². The van der Waals surface area contributed by atoms with Crippen molar-refractivity contribution in [3.8, 4) is 17.2 Å². The number of para-hydroxylation sites is 2. The molecule has 5 aromatic rings. The number of aromatic nitrogens is 2. The quantitative estimate of drug-likeness (QED) is 0.155. The summed E-state index contributed by atoms with van der Waals surface area (Å²) in [5.74, 6) is 1.18. The fourth-order valence-corrected chi connectivity index (χ4v) is 6.18. The van der Waals surface area contributed by atoms with Crippen molar-refractivity contribution in [1.29, 1.82) is 0 Å². The zero-order chi connectivity index (χ0) is 30.1. The average molecular weight is 589 g/mol. The lowest BCUT2D eigenvalue weighted by Gasteiger charge is -2.28.